The van der Waals surface area contributed by atoms with Crippen molar-refractivity contribution in [1.29, 1.82) is 0 Å². The summed E-state index contributed by atoms with van der Waals surface area (Å²) in [5.41, 5.74) is 2.67. The number of carbonyl (C=O) groups is 1. The van der Waals surface area contributed by atoms with Gasteiger partial charge in [0.15, 0.2) is 5.75 Å². The van der Waals surface area contributed by atoms with Gasteiger partial charge in [0.2, 0.25) is 0 Å². The molecule has 0 radical (unpaired) electrons. The number of aliphatic hydroxyl groups excluding tert-OH is 1. The van der Waals surface area contributed by atoms with E-state index in [9.17, 15) is 23.1 Å². The summed E-state index contributed by atoms with van der Waals surface area (Å²) in [4.78, 5) is 12.5. The fraction of sp³-hybridized carbons (Fsp3) is 0.348. The third kappa shape index (κ3) is 4.58. The number of aromatic nitrogens is 3. The van der Waals surface area contributed by atoms with Crippen molar-refractivity contribution in [3.05, 3.63) is 51.9 Å². The van der Waals surface area contributed by atoms with E-state index in [-0.39, 0.29) is 30.7 Å². The fourth-order valence-corrected chi connectivity index (χ4v) is 5.09. The second-order valence-electron chi connectivity index (χ2n) is 7.79. The van der Waals surface area contributed by atoms with Crippen LogP contribution in [0.2, 0.25) is 0 Å². The number of alkyl halides is 3. The van der Waals surface area contributed by atoms with Crippen LogP contribution in [-0.2, 0) is 23.2 Å². The predicted molar refractivity (Wildman–Crippen MR) is 121 cm³/mol. The molecule has 7 nitrogen and oxygen atoms in total. The predicted octanol–water partition coefficient (Wildman–Crippen LogP) is 4.97. The molecule has 2 aromatic carbocycles. The van der Waals surface area contributed by atoms with Crippen molar-refractivity contribution >= 4 is 38.4 Å². The van der Waals surface area contributed by atoms with E-state index in [2.05, 4.69) is 15.0 Å². The summed E-state index contributed by atoms with van der Waals surface area (Å²) < 4.78 is 51.3. The second-order valence-corrected chi connectivity index (χ2v) is 8.70. The zero-order valence-electron chi connectivity index (χ0n) is 18.6. The molecule has 180 valence electrons. The van der Waals surface area contributed by atoms with Crippen LogP contribution in [0.15, 0.2) is 29.6 Å². The molecule has 4 aromatic rings. The number of halogens is 3. The Bertz CT molecular complexity index is 1360. The molecule has 0 aliphatic rings. The van der Waals surface area contributed by atoms with Crippen molar-refractivity contribution in [3.8, 4) is 5.75 Å². The molecule has 0 aliphatic heterocycles. The van der Waals surface area contributed by atoms with E-state index in [0.717, 1.165) is 10.1 Å². The Morgan fingerprint density at radius 2 is 2.06 bits per heavy atom. The highest BCUT2D eigenvalue weighted by Crippen LogP contribution is 2.41. The third-order valence-corrected chi connectivity index (χ3v) is 6.64. The van der Waals surface area contributed by atoms with Gasteiger partial charge in [-0.25, -0.2) is 4.68 Å². The fourth-order valence-electron chi connectivity index (χ4n) is 4.20. The lowest BCUT2D eigenvalue weighted by molar-refractivity contribution is -0.274. The van der Waals surface area contributed by atoms with Gasteiger partial charge in [-0.15, -0.1) is 29.6 Å². The van der Waals surface area contributed by atoms with Crippen LogP contribution in [0.25, 0.3) is 21.1 Å². The van der Waals surface area contributed by atoms with Crippen LogP contribution in [0.1, 0.15) is 41.5 Å². The first-order valence-corrected chi connectivity index (χ1v) is 11.4. The minimum absolute atomic E-state index is 0.0952. The first kappa shape index (κ1) is 24.0. The van der Waals surface area contributed by atoms with E-state index in [1.807, 2.05) is 17.5 Å². The van der Waals surface area contributed by atoms with E-state index in [1.165, 1.54) is 29.1 Å². The lowest BCUT2D eigenvalue weighted by Gasteiger charge is -2.22. The molecule has 0 bridgehead atoms. The minimum atomic E-state index is -4.93. The highest BCUT2D eigenvalue weighted by atomic mass is 32.1. The Morgan fingerprint density at radius 1 is 1.29 bits per heavy atom. The van der Waals surface area contributed by atoms with Crippen LogP contribution in [0.5, 0.6) is 5.75 Å². The number of benzene rings is 2. The molecule has 4 rings (SSSR count). The van der Waals surface area contributed by atoms with Gasteiger partial charge in [0.1, 0.15) is 11.0 Å². The summed E-state index contributed by atoms with van der Waals surface area (Å²) in [6, 6.07) is 6.82. The Labute approximate surface area is 196 Å². The third-order valence-electron chi connectivity index (χ3n) is 5.64. The van der Waals surface area contributed by atoms with E-state index >= 15 is 0 Å². The molecule has 0 saturated carbocycles. The average Bonchev–Trinajstić information content (AvgIpc) is 3.40. The van der Waals surface area contributed by atoms with E-state index < -0.39 is 24.0 Å². The molecule has 0 fully saturated rings. The van der Waals surface area contributed by atoms with Crippen molar-refractivity contribution in [2.24, 2.45) is 7.05 Å². The van der Waals surface area contributed by atoms with Gasteiger partial charge in [0, 0.05) is 17.7 Å². The molecule has 1 unspecified atom stereocenters. The SMILES string of the molecule is CCOC(=O)CC(c1cc(CO)c2sccc2c1)c1cc(OC(F)(F)F)c2c(nnn2C)c1C. The molecule has 11 heteroatoms. The van der Waals surface area contributed by atoms with Gasteiger partial charge in [0.05, 0.1) is 19.6 Å². The van der Waals surface area contributed by atoms with Crippen LogP contribution in [0.4, 0.5) is 13.2 Å². The molecule has 2 heterocycles. The molecule has 1 N–H and O–H groups in total. The molecule has 0 spiro atoms. The smallest absolute Gasteiger partial charge is 0.466 e. The molecule has 34 heavy (non-hydrogen) atoms. The number of nitrogens with zero attached hydrogens (tertiary/aromatic N) is 3. The molecule has 1 atom stereocenters. The molecule has 0 aliphatic carbocycles. The number of thiophene rings is 1. The summed E-state index contributed by atoms with van der Waals surface area (Å²) in [7, 11) is 1.48. The van der Waals surface area contributed by atoms with Gasteiger partial charge in [-0.1, -0.05) is 11.3 Å². The highest BCUT2D eigenvalue weighted by molar-refractivity contribution is 7.17. The second kappa shape index (κ2) is 9.22. The van der Waals surface area contributed by atoms with Crippen LogP contribution < -0.4 is 4.74 Å². The van der Waals surface area contributed by atoms with Gasteiger partial charge in [-0.3, -0.25) is 4.79 Å². The van der Waals surface area contributed by atoms with Gasteiger partial charge >= 0.3 is 12.3 Å². The quantitative estimate of drug-likeness (QED) is 0.366. The number of carbonyl (C=O) groups excluding carboxylic acids is 1. The number of aryl methyl sites for hydroxylation is 2. The summed E-state index contributed by atoms with van der Waals surface area (Å²) >= 11 is 1.48. The number of aliphatic hydroxyl groups is 1. The van der Waals surface area contributed by atoms with Crippen molar-refractivity contribution in [3.63, 3.8) is 0 Å². The number of hydrogen-bond donors (Lipinski definition) is 1. The number of ether oxygens (including phenoxy) is 2. The van der Waals surface area contributed by atoms with Crippen molar-refractivity contribution < 1.29 is 32.5 Å². The van der Waals surface area contributed by atoms with Gasteiger partial charge < -0.3 is 14.6 Å². The van der Waals surface area contributed by atoms with Crippen molar-refractivity contribution in [2.75, 3.05) is 6.61 Å². The zero-order valence-corrected chi connectivity index (χ0v) is 19.5. The maximum absolute atomic E-state index is 13.2. The van der Waals surface area contributed by atoms with E-state index in [1.54, 1.807) is 19.9 Å². The number of fused-ring (bicyclic) bond motifs is 2. The Hall–Kier alpha value is -3.18. The number of rotatable bonds is 7. The largest absolute Gasteiger partial charge is 0.573 e. The zero-order chi connectivity index (χ0) is 24.6. The first-order chi connectivity index (χ1) is 16.1. The van der Waals surface area contributed by atoms with Crippen molar-refractivity contribution in [2.45, 2.75) is 39.2 Å². The molecule has 0 amide bonds. The van der Waals surface area contributed by atoms with Crippen molar-refractivity contribution in [1.82, 2.24) is 15.0 Å². The Balaban J connectivity index is 1.96. The molecular weight excluding hydrogens is 471 g/mol. The van der Waals surface area contributed by atoms with Crippen LogP contribution in [-0.4, -0.2) is 39.0 Å². The van der Waals surface area contributed by atoms with Crippen LogP contribution in [0, 0.1) is 6.92 Å². The maximum atomic E-state index is 13.2. The lowest BCUT2D eigenvalue weighted by Crippen LogP contribution is -2.19. The van der Waals surface area contributed by atoms with Gasteiger partial charge in [-0.05, 0) is 65.1 Å². The Morgan fingerprint density at radius 3 is 2.74 bits per heavy atom. The topological polar surface area (TPSA) is 86.5 Å². The lowest BCUT2D eigenvalue weighted by atomic mass is 9.84. The van der Waals surface area contributed by atoms with Crippen LogP contribution >= 0.6 is 11.3 Å². The summed E-state index contributed by atoms with van der Waals surface area (Å²) in [5.74, 6) is -1.63. The first-order valence-electron chi connectivity index (χ1n) is 10.5. The normalized spacial score (nSPS) is 12.9. The summed E-state index contributed by atoms with van der Waals surface area (Å²) in [6.07, 6.45) is -5.05. The number of esters is 1. The van der Waals surface area contributed by atoms with E-state index in [4.69, 9.17) is 4.74 Å². The maximum Gasteiger partial charge on any atom is 0.573 e. The molecule has 2 aromatic heterocycles. The van der Waals surface area contributed by atoms with Gasteiger partial charge in [-0.2, -0.15) is 0 Å². The minimum Gasteiger partial charge on any atom is -0.466 e. The summed E-state index contributed by atoms with van der Waals surface area (Å²) in [5, 5.41) is 20.6. The van der Waals surface area contributed by atoms with Crippen LogP contribution in [0.3, 0.4) is 0 Å². The highest BCUT2D eigenvalue weighted by Gasteiger charge is 2.34. The average molecular weight is 494 g/mol. The monoisotopic (exact) mass is 493 g/mol. The number of hydrogen-bond acceptors (Lipinski definition) is 7. The summed E-state index contributed by atoms with van der Waals surface area (Å²) in [6.45, 7) is 3.35. The van der Waals surface area contributed by atoms with E-state index in [0.29, 0.717) is 22.3 Å². The molecular formula is C23H22F3N3O4S. The standard InChI is InChI=1S/C23H22F3N3O4S/c1-4-32-19(31)10-17(14-7-13-5-6-34-22(13)15(8-14)11-30)16-9-18(33-23(24,25)26)21-20(12(16)2)27-28-29(21)3/h5-9,17,30H,4,10-11H2,1-3H3. The Kier molecular flexibility index (Phi) is 6.50. The van der Waals surface area contributed by atoms with Gasteiger partial charge in [0.25, 0.3) is 0 Å². The molecule has 0 saturated heterocycles.